The van der Waals surface area contributed by atoms with Crippen LogP contribution in [-0.4, -0.2) is 78.0 Å². The molecular formula is C12H22N2O5. The molecule has 7 heteroatoms. The average Bonchev–Trinajstić information content (AvgIpc) is 2.75. The lowest BCUT2D eigenvalue weighted by molar-refractivity contribution is -0.142. The largest absolute Gasteiger partial charge is 0.481 e. The standard InChI is InChI=1S/C12H22N2O5/c1-9-10(11(16)17)3-4-14(9)12(18)13(5-7-15)6-8-19-2/h9-10,15H,3-8H2,1-2H3,(H,16,17). The Morgan fingerprint density at radius 1 is 1.42 bits per heavy atom. The van der Waals surface area contributed by atoms with Crippen molar-refractivity contribution in [1.29, 1.82) is 0 Å². The summed E-state index contributed by atoms with van der Waals surface area (Å²) in [4.78, 5) is 26.4. The highest BCUT2D eigenvalue weighted by Gasteiger charge is 2.39. The van der Waals surface area contributed by atoms with Crippen molar-refractivity contribution >= 4 is 12.0 Å². The fourth-order valence-corrected chi connectivity index (χ4v) is 2.35. The molecule has 1 aliphatic heterocycles. The molecule has 1 saturated heterocycles. The summed E-state index contributed by atoms with van der Waals surface area (Å²) in [7, 11) is 1.54. The maximum atomic E-state index is 12.3. The summed E-state index contributed by atoms with van der Waals surface area (Å²) in [5.41, 5.74) is 0. The number of nitrogens with zero attached hydrogens (tertiary/aromatic N) is 2. The number of urea groups is 1. The van der Waals surface area contributed by atoms with E-state index in [9.17, 15) is 9.59 Å². The van der Waals surface area contributed by atoms with Gasteiger partial charge in [-0.1, -0.05) is 0 Å². The van der Waals surface area contributed by atoms with Crippen molar-refractivity contribution in [2.75, 3.05) is 40.0 Å². The molecular weight excluding hydrogens is 252 g/mol. The van der Waals surface area contributed by atoms with Gasteiger partial charge in [0, 0.05) is 32.8 Å². The SMILES string of the molecule is COCCN(CCO)C(=O)N1CCC(C(=O)O)C1C. The van der Waals surface area contributed by atoms with Crippen molar-refractivity contribution in [3.05, 3.63) is 0 Å². The van der Waals surface area contributed by atoms with Crippen molar-refractivity contribution in [3.63, 3.8) is 0 Å². The van der Waals surface area contributed by atoms with Gasteiger partial charge in [0.1, 0.15) is 0 Å². The van der Waals surface area contributed by atoms with Crippen LogP contribution >= 0.6 is 0 Å². The van der Waals surface area contributed by atoms with Crippen molar-refractivity contribution < 1.29 is 24.5 Å². The lowest BCUT2D eigenvalue weighted by Gasteiger charge is -2.30. The highest BCUT2D eigenvalue weighted by atomic mass is 16.5. The number of ether oxygens (including phenoxy) is 1. The number of carbonyl (C=O) groups excluding carboxylic acids is 1. The first-order chi connectivity index (χ1) is 9.02. The first kappa shape index (κ1) is 15.7. The zero-order valence-corrected chi connectivity index (χ0v) is 11.4. The highest BCUT2D eigenvalue weighted by Crippen LogP contribution is 2.25. The third kappa shape index (κ3) is 3.81. The fourth-order valence-electron chi connectivity index (χ4n) is 2.35. The molecule has 0 aromatic rings. The molecule has 110 valence electrons. The van der Waals surface area contributed by atoms with Crippen LogP contribution in [0.3, 0.4) is 0 Å². The molecule has 1 fully saturated rings. The zero-order valence-electron chi connectivity index (χ0n) is 11.4. The van der Waals surface area contributed by atoms with E-state index < -0.39 is 11.9 Å². The van der Waals surface area contributed by atoms with Crippen molar-refractivity contribution in [2.24, 2.45) is 5.92 Å². The van der Waals surface area contributed by atoms with Gasteiger partial charge in [-0.15, -0.1) is 0 Å². The summed E-state index contributed by atoms with van der Waals surface area (Å²) in [6.07, 6.45) is 0.472. The van der Waals surface area contributed by atoms with Gasteiger partial charge in [-0.3, -0.25) is 4.79 Å². The molecule has 19 heavy (non-hydrogen) atoms. The van der Waals surface area contributed by atoms with Crippen LogP contribution in [0.5, 0.6) is 0 Å². The molecule has 2 unspecified atom stereocenters. The van der Waals surface area contributed by atoms with E-state index in [1.54, 1.807) is 18.9 Å². The Morgan fingerprint density at radius 3 is 2.58 bits per heavy atom. The number of carboxylic acid groups (broad SMARTS) is 1. The van der Waals surface area contributed by atoms with E-state index in [1.807, 2.05) is 0 Å². The molecule has 0 spiro atoms. The van der Waals surface area contributed by atoms with E-state index in [0.717, 1.165) is 0 Å². The molecule has 1 aliphatic rings. The molecule has 0 bridgehead atoms. The van der Waals surface area contributed by atoms with E-state index in [-0.39, 0.29) is 25.2 Å². The number of methoxy groups -OCH3 is 1. The third-order valence-electron chi connectivity index (χ3n) is 3.52. The van der Waals surface area contributed by atoms with Crippen LogP contribution in [0.25, 0.3) is 0 Å². The minimum atomic E-state index is -0.867. The first-order valence-electron chi connectivity index (χ1n) is 6.41. The average molecular weight is 274 g/mol. The Kier molecular flexibility index (Phi) is 6.04. The Labute approximate surface area is 112 Å². The van der Waals surface area contributed by atoms with Crippen molar-refractivity contribution in [1.82, 2.24) is 9.80 Å². The number of hydrogen-bond donors (Lipinski definition) is 2. The monoisotopic (exact) mass is 274 g/mol. The van der Waals surface area contributed by atoms with Gasteiger partial charge in [0.05, 0.1) is 19.1 Å². The predicted molar refractivity (Wildman–Crippen MR) is 67.8 cm³/mol. The Bertz CT molecular complexity index is 323. The van der Waals surface area contributed by atoms with Crippen LogP contribution in [0.1, 0.15) is 13.3 Å². The third-order valence-corrected chi connectivity index (χ3v) is 3.52. The number of carbonyl (C=O) groups is 2. The molecule has 2 N–H and O–H groups in total. The molecule has 0 radical (unpaired) electrons. The summed E-state index contributed by atoms with van der Waals surface area (Å²) >= 11 is 0. The van der Waals surface area contributed by atoms with Gasteiger partial charge in [-0.25, -0.2) is 4.79 Å². The summed E-state index contributed by atoms with van der Waals surface area (Å²) in [6, 6.07) is -0.559. The second-order valence-corrected chi connectivity index (χ2v) is 4.65. The van der Waals surface area contributed by atoms with Crippen LogP contribution < -0.4 is 0 Å². The van der Waals surface area contributed by atoms with Gasteiger partial charge in [-0.05, 0) is 13.3 Å². The van der Waals surface area contributed by atoms with Gasteiger partial charge in [-0.2, -0.15) is 0 Å². The Balaban J connectivity index is 2.66. The fraction of sp³-hybridized carbons (Fsp3) is 0.833. The highest BCUT2D eigenvalue weighted by molar-refractivity contribution is 5.78. The molecule has 0 aliphatic carbocycles. The van der Waals surface area contributed by atoms with Gasteiger partial charge in [0.25, 0.3) is 0 Å². The number of amides is 2. The summed E-state index contributed by atoms with van der Waals surface area (Å²) in [5, 5.41) is 18.0. The number of aliphatic carboxylic acids is 1. The van der Waals surface area contributed by atoms with E-state index in [4.69, 9.17) is 14.9 Å². The Morgan fingerprint density at radius 2 is 2.11 bits per heavy atom. The van der Waals surface area contributed by atoms with E-state index in [0.29, 0.717) is 26.1 Å². The number of aliphatic hydroxyl groups is 1. The molecule has 2 amide bonds. The summed E-state index contributed by atoms with van der Waals surface area (Å²) in [5.74, 6) is -1.38. The zero-order chi connectivity index (χ0) is 14.4. The van der Waals surface area contributed by atoms with Crippen LogP contribution in [-0.2, 0) is 9.53 Å². The quantitative estimate of drug-likeness (QED) is 0.702. The van der Waals surface area contributed by atoms with Crippen LogP contribution in [0.4, 0.5) is 4.79 Å². The molecule has 7 nitrogen and oxygen atoms in total. The minimum Gasteiger partial charge on any atom is -0.481 e. The number of likely N-dealkylation sites (tertiary alicyclic amines) is 1. The number of aliphatic hydroxyl groups excluding tert-OH is 1. The van der Waals surface area contributed by atoms with E-state index >= 15 is 0 Å². The van der Waals surface area contributed by atoms with E-state index in [2.05, 4.69) is 0 Å². The molecule has 2 atom stereocenters. The van der Waals surface area contributed by atoms with Crippen molar-refractivity contribution in [2.45, 2.75) is 19.4 Å². The lowest BCUT2D eigenvalue weighted by Crippen LogP contribution is -2.48. The van der Waals surface area contributed by atoms with E-state index in [1.165, 1.54) is 4.90 Å². The smallest absolute Gasteiger partial charge is 0.320 e. The maximum Gasteiger partial charge on any atom is 0.320 e. The normalized spacial score (nSPS) is 22.6. The second kappa shape index (κ2) is 7.30. The summed E-state index contributed by atoms with van der Waals surface area (Å²) in [6.45, 7) is 3.05. The topological polar surface area (TPSA) is 90.3 Å². The number of carboxylic acids is 1. The van der Waals surface area contributed by atoms with Crippen molar-refractivity contribution in [3.8, 4) is 0 Å². The molecule has 0 aromatic carbocycles. The minimum absolute atomic E-state index is 0.125. The predicted octanol–water partition coefficient (Wildman–Crippen LogP) is -0.158. The van der Waals surface area contributed by atoms with Gasteiger partial charge >= 0.3 is 12.0 Å². The molecule has 1 rings (SSSR count). The van der Waals surface area contributed by atoms with Gasteiger partial charge in [0.15, 0.2) is 0 Å². The van der Waals surface area contributed by atoms with Crippen LogP contribution in [0.15, 0.2) is 0 Å². The molecule has 0 saturated carbocycles. The number of hydrogen-bond acceptors (Lipinski definition) is 4. The van der Waals surface area contributed by atoms with Crippen LogP contribution in [0.2, 0.25) is 0 Å². The maximum absolute atomic E-state index is 12.3. The van der Waals surface area contributed by atoms with Gasteiger partial charge < -0.3 is 24.7 Å². The van der Waals surface area contributed by atoms with Crippen LogP contribution in [0, 0.1) is 5.92 Å². The summed E-state index contributed by atoms with van der Waals surface area (Å²) < 4.78 is 4.93. The lowest BCUT2D eigenvalue weighted by atomic mass is 10.0. The van der Waals surface area contributed by atoms with Gasteiger partial charge in [0.2, 0.25) is 0 Å². The Hall–Kier alpha value is -1.34. The first-order valence-corrected chi connectivity index (χ1v) is 6.41. The molecule has 1 heterocycles. The molecule has 0 aromatic heterocycles. The second-order valence-electron chi connectivity index (χ2n) is 4.65. The number of rotatable bonds is 6.